The van der Waals surface area contributed by atoms with Crippen LogP contribution in [0, 0.1) is 34.9 Å². The maximum atomic E-state index is 15.0. The fraction of sp³-hybridized carbons (Fsp3) is 0.310. The molecule has 2 aliphatic heterocycles. The lowest BCUT2D eigenvalue weighted by atomic mass is 9.99. The highest BCUT2D eigenvalue weighted by Gasteiger charge is 2.59. The topological polar surface area (TPSA) is 36.9 Å². The van der Waals surface area contributed by atoms with Gasteiger partial charge in [0, 0.05) is 11.1 Å². The number of hydrogen-bond acceptors (Lipinski definition) is 4. The highest BCUT2D eigenvalue weighted by atomic mass is 19.4. The van der Waals surface area contributed by atoms with Crippen molar-refractivity contribution in [3.63, 3.8) is 0 Å². The maximum Gasteiger partial charge on any atom is 0.527 e. The average Bonchev–Trinajstić information content (AvgIpc) is 3.43. The minimum Gasteiger partial charge on any atom is -0.320 e. The zero-order valence-corrected chi connectivity index (χ0v) is 22.2. The number of ether oxygens (including phenoxy) is 4. The molecule has 2 aliphatic rings. The molecular formula is C29H19F11O4. The molecule has 2 bridgehead atoms. The molecule has 2 heterocycles. The standard InChI is InChI=1S/C29H19F11O4/c1-2-5-26-12-41-28(43-26,42-13-26)16-10-18(30)17(19(31)11-16)4-3-14-6-20(32)24(21(33)7-14)15-8-22(34)25(23(35)9-15)27(36,37)44-29(38,39)40/h3-4,6-11H,2,5,12-13H2,1H3. The van der Waals surface area contributed by atoms with E-state index in [1.807, 2.05) is 6.92 Å². The van der Waals surface area contributed by atoms with Crippen molar-refractivity contribution in [3.8, 4) is 11.1 Å². The van der Waals surface area contributed by atoms with Gasteiger partial charge in [-0.25, -0.2) is 31.1 Å². The molecule has 0 unspecified atom stereocenters. The normalized spacial score (nSPS) is 22.0. The first-order valence-corrected chi connectivity index (χ1v) is 12.8. The summed E-state index contributed by atoms with van der Waals surface area (Å²) < 4.78 is 172. The molecule has 236 valence electrons. The van der Waals surface area contributed by atoms with Gasteiger partial charge in [0.2, 0.25) is 0 Å². The smallest absolute Gasteiger partial charge is 0.320 e. The summed E-state index contributed by atoms with van der Waals surface area (Å²) in [5.41, 5.74) is -6.30. The molecule has 15 heteroatoms. The van der Waals surface area contributed by atoms with E-state index < -0.39 is 81.2 Å². The third-order valence-electron chi connectivity index (χ3n) is 6.91. The first kappa shape index (κ1) is 31.9. The molecule has 3 aromatic carbocycles. The van der Waals surface area contributed by atoms with Gasteiger partial charge >= 0.3 is 18.4 Å². The molecule has 0 radical (unpaired) electrons. The lowest BCUT2D eigenvalue weighted by molar-refractivity contribution is -0.432. The molecule has 0 amide bonds. The van der Waals surface area contributed by atoms with E-state index in [0.717, 1.165) is 30.7 Å². The van der Waals surface area contributed by atoms with Crippen molar-refractivity contribution in [2.75, 3.05) is 13.2 Å². The van der Waals surface area contributed by atoms with E-state index in [-0.39, 0.29) is 36.5 Å². The summed E-state index contributed by atoms with van der Waals surface area (Å²) in [6.07, 6.45) is -8.37. The third kappa shape index (κ3) is 5.93. The molecule has 2 saturated heterocycles. The Morgan fingerprint density at radius 1 is 0.750 bits per heavy atom. The largest absolute Gasteiger partial charge is 0.527 e. The fourth-order valence-electron chi connectivity index (χ4n) is 5.07. The Kier molecular flexibility index (Phi) is 8.06. The van der Waals surface area contributed by atoms with Gasteiger partial charge in [0.25, 0.3) is 0 Å². The van der Waals surface area contributed by atoms with Gasteiger partial charge in [-0.3, -0.25) is 0 Å². The van der Waals surface area contributed by atoms with E-state index in [2.05, 4.69) is 4.74 Å². The number of fused-ring (bicyclic) bond motifs is 2. The summed E-state index contributed by atoms with van der Waals surface area (Å²) in [5.74, 6) is -11.5. The Bertz CT molecular complexity index is 1560. The van der Waals surface area contributed by atoms with Crippen LogP contribution in [0.1, 0.15) is 42.0 Å². The Labute approximate surface area is 241 Å². The number of rotatable bonds is 8. The molecule has 0 atom stereocenters. The van der Waals surface area contributed by atoms with E-state index in [1.54, 1.807) is 0 Å². The lowest BCUT2D eigenvalue weighted by Gasteiger charge is -2.24. The van der Waals surface area contributed by atoms with Gasteiger partial charge in [0.1, 0.15) is 46.1 Å². The van der Waals surface area contributed by atoms with Crippen LogP contribution in [-0.2, 0) is 31.0 Å². The van der Waals surface area contributed by atoms with Crippen LogP contribution < -0.4 is 0 Å². The predicted octanol–water partition coefficient (Wildman–Crippen LogP) is 8.67. The molecule has 0 saturated carbocycles. The van der Waals surface area contributed by atoms with Crippen LogP contribution in [-0.4, -0.2) is 25.2 Å². The van der Waals surface area contributed by atoms with E-state index in [4.69, 9.17) is 14.2 Å². The summed E-state index contributed by atoms with van der Waals surface area (Å²) in [5, 5.41) is 0. The van der Waals surface area contributed by atoms with Gasteiger partial charge < -0.3 is 14.2 Å². The zero-order chi connectivity index (χ0) is 32.2. The van der Waals surface area contributed by atoms with Gasteiger partial charge in [-0.2, -0.15) is 8.78 Å². The molecule has 3 aromatic rings. The number of hydrogen-bond donors (Lipinski definition) is 0. The summed E-state index contributed by atoms with van der Waals surface area (Å²) in [6.45, 7) is 2.23. The molecule has 4 nitrogen and oxygen atoms in total. The van der Waals surface area contributed by atoms with Crippen molar-refractivity contribution in [2.24, 2.45) is 0 Å². The van der Waals surface area contributed by atoms with Gasteiger partial charge in [-0.1, -0.05) is 19.4 Å². The Morgan fingerprint density at radius 2 is 1.30 bits per heavy atom. The minimum atomic E-state index is -5.97. The van der Waals surface area contributed by atoms with E-state index in [1.165, 1.54) is 0 Å². The first-order valence-electron chi connectivity index (χ1n) is 12.8. The molecule has 0 aromatic heterocycles. The SMILES string of the molecule is CCCC12COC(c3cc(F)c(C=Cc4cc(F)c(-c5cc(F)c(C(F)(F)OC(F)(F)F)c(F)c5)c(F)c4)c(F)c3)(OC1)O2. The Hall–Kier alpha value is -3.53. The summed E-state index contributed by atoms with van der Waals surface area (Å²) >= 11 is 0. The Morgan fingerprint density at radius 3 is 1.80 bits per heavy atom. The first-order chi connectivity index (χ1) is 20.5. The predicted molar refractivity (Wildman–Crippen MR) is 130 cm³/mol. The summed E-state index contributed by atoms with van der Waals surface area (Å²) in [7, 11) is 0. The van der Waals surface area contributed by atoms with Gasteiger partial charge in [-0.05, 0) is 60.0 Å². The van der Waals surface area contributed by atoms with Crippen molar-refractivity contribution in [1.82, 2.24) is 0 Å². The van der Waals surface area contributed by atoms with Gasteiger partial charge in [0.15, 0.2) is 0 Å². The van der Waals surface area contributed by atoms with Crippen molar-refractivity contribution in [3.05, 3.63) is 93.6 Å². The highest BCUT2D eigenvalue weighted by Crippen LogP contribution is 2.49. The second-order valence-electron chi connectivity index (χ2n) is 10.1. The number of benzene rings is 3. The molecular weight excluding hydrogens is 621 g/mol. The molecule has 5 rings (SSSR count). The van der Waals surface area contributed by atoms with Crippen LogP contribution in [0.4, 0.5) is 48.3 Å². The highest BCUT2D eigenvalue weighted by molar-refractivity contribution is 5.73. The monoisotopic (exact) mass is 640 g/mol. The van der Waals surface area contributed by atoms with Crippen LogP contribution in [0.3, 0.4) is 0 Å². The average molecular weight is 640 g/mol. The minimum absolute atomic E-state index is 0.00694. The fourth-order valence-corrected chi connectivity index (χ4v) is 5.07. The van der Waals surface area contributed by atoms with Gasteiger partial charge in [-0.15, -0.1) is 13.2 Å². The van der Waals surface area contributed by atoms with Crippen LogP contribution in [0.2, 0.25) is 0 Å². The quantitative estimate of drug-likeness (QED) is 0.183. The second kappa shape index (κ2) is 11.1. The Balaban J connectivity index is 1.40. The lowest BCUT2D eigenvalue weighted by Crippen LogP contribution is -2.35. The van der Waals surface area contributed by atoms with Crippen molar-refractivity contribution in [1.29, 1.82) is 0 Å². The summed E-state index contributed by atoms with van der Waals surface area (Å²) in [4.78, 5) is 0. The molecule has 0 N–H and O–H groups in total. The number of halogens is 11. The van der Waals surface area contributed by atoms with Crippen LogP contribution in [0.15, 0.2) is 36.4 Å². The van der Waals surface area contributed by atoms with E-state index in [9.17, 15) is 48.3 Å². The maximum absolute atomic E-state index is 15.0. The van der Waals surface area contributed by atoms with E-state index in [0.29, 0.717) is 18.6 Å². The molecule has 0 spiro atoms. The molecule has 44 heavy (non-hydrogen) atoms. The van der Waals surface area contributed by atoms with Crippen molar-refractivity contribution >= 4 is 12.2 Å². The molecule has 2 fully saturated rings. The summed E-state index contributed by atoms with van der Waals surface area (Å²) in [6, 6.07) is 3.01. The van der Waals surface area contributed by atoms with E-state index >= 15 is 0 Å². The second-order valence-corrected chi connectivity index (χ2v) is 10.1. The van der Waals surface area contributed by atoms with Gasteiger partial charge in [0.05, 0.1) is 18.8 Å². The number of alkyl halides is 5. The van der Waals surface area contributed by atoms with Crippen molar-refractivity contribution in [2.45, 2.75) is 43.8 Å². The third-order valence-corrected chi connectivity index (χ3v) is 6.91. The van der Waals surface area contributed by atoms with Crippen LogP contribution >= 0.6 is 0 Å². The van der Waals surface area contributed by atoms with Crippen LogP contribution in [0.25, 0.3) is 23.3 Å². The van der Waals surface area contributed by atoms with Crippen molar-refractivity contribution < 1.29 is 67.2 Å². The van der Waals surface area contributed by atoms with Crippen LogP contribution in [0.5, 0.6) is 0 Å². The molecule has 0 aliphatic carbocycles. The zero-order valence-electron chi connectivity index (χ0n) is 22.2.